The molecule has 0 spiro atoms. The van der Waals surface area contributed by atoms with Crippen LogP contribution < -0.4 is 10.5 Å². The zero-order valence-electron chi connectivity index (χ0n) is 13.0. The molecular weight excluding hydrogens is 268 g/mol. The summed E-state index contributed by atoms with van der Waals surface area (Å²) in [6, 6.07) is 1.58. The molecule has 1 heterocycles. The van der Waals surface area contributed by atoms with Crippen LogP contribution in [0.2, 0.25) is 0 Å². The highest BCUT2D eigenvalue weighted by molar-refractivity contribution is 5.95. The van der Waals surface area contributed by atoms with Crippen molar-refractivity contribution in [3.8, 4) is 5.88 Å². The Hall–Kier alpha value is -1.78. The fourth-order valence-electron chi connectivity index (χ4n) is 3.04. The van der Waals surface area contributed by atoms with Crippen LogP contribution >= 0.6 is 0 Å². The Morgan fingerprint density at radius 1 is 1.33 bits per heavy atom. The van der Waals surface area contributed by atoms with E-state index in [9.17, 15) is 4.79 Å². The Bertz CT molecular complexity index is 494. The van der Waals surface area contributed by atoms with E-state index in [1.54, 1.807) is 13.0 Å². The van der Waals surface area contributed by atoms with Gasteiger partial charge in [0, 0.05) is 6.07 Å². The van der Waals surface area contributed by atoms with E-state index >= 15 is 0 Å². The van der Waals surface area contributed by atoms with Crippen molar-refractivity contribution in [1.82, 2.24) is 4.98 Å². The number of aromatic nitrogens is 1. The molecule has 0 aliphatic heterocycles. The molecule has 0 saturated heterocycles. The quantitative estimate of drug-likeness (QED) is 0.863. The number of hydrogen-bond donors (Lipinski definition) is 1. The fourth-order valence-corrected chi connectivity index (χ4v) is 3.04. The summed E-state index contributed by atoms with van der Waals surface area (Å²) in [6.45, 7) is 6.56. The number of nitrogen functional groups attached to an aromatic ring is 1. The molecule has 5 nitrogen and oxygen atoms in total. The van der Waals surface area contributed by atoms with Crippen molar-refractivity contribution < 1.29 is 14.3 Å². The molecule has 5 heteroatoms. The molecule has 1 aliphatic carbocycles. The number of nitrogens with zero attached hydrogens (tertiary/aromatic N) is 1. The second-order valence-electron chi connectivity index (χ2n) is 5.99. The van der Waals surface area contributed by atoms with E-state index in [4.69, 9.17) is 15.2 Å². The van der Waals surface area contributed by atoms with Crippen LogP contribution in [0.3, 0.4) is 0 Å². The minimum absolute atomic E-state index is 0.148. The molecule has 2 rings (SSSR count). The lowest BCUT2D eigenvalue weighted by Crippen LogP contribution is -2.28. The monoisotopic (exact) mass is 292 g/mol. The van der Waals surface area contributed by atoms with E-state index in [1.165, 1.54) is 12.6 Å². The van der Waals surface area contributed by atoms with Gasteiger partial charge in [0.1, 0.15) is 6.10 Å². The predicted octanol–water partition coefficient (Wildman–Crippen LogP) is 3.04. The number of pyridine rings is 1. The third-order valence-electron chi connectivity index (χ3n) is 3.83. The predicted molar refractivity (Wildman–Crippen MR) is 81.2 cm³/mol. The average Bonchev–Trinajstić information content (AvgIpc) is 2.40. The van der Waals surface area contributed by atoms with Gasteiger partial charge in [0.25, 0.3) is 0 Å². The Kier molecular flexibility index (Phi) is 5.04. The standard InChI is InChI=1S/C16H24N2O3/c1-4-20-16(19)13-8-15(18-9-14(13)17)21-12-6-10(2)5-11(3)7-12/h8-12H,4-7,17H2,1-3H3. The first kappa shape index (κ1) is 15.6. The molecule has 2 unspecified atom stereocenters. The maximum Gasteiger partial charge on any atom is 0.340 e. The smallest absolute Gasteiger partial charge is 0.340 e. The summed E-state index contributed by atoms with van der Waals surface area (Å²) in [5, 5.41) is 0. The average molecular weight is 292 g/mol. The molecule has 1 aliphatic rings. The number of hydrogen-bond acceptors (Lipinski definition) is 5. The van der Waals surface area contributed by atoms with Crippen molar-refractivity contribution in [1.29, 1.82) is 0 Å². The van der Waals surface area contributed by atoms with Gasteiger partial charge in [-0.25, -0.2) is 9.78 Å². The zero-order valence-corrected chi connectivity index (χ0v) is 13.0. The van der Waals surface area contributed by atoms with E-state index in [0.29, 0.717) is 35.6 Å². The van der Waals surface area contributed by atoms with E-state index < -0.39 is 5.97 Å². The first-order valence-corrected chi connectivity index (χ1v) is 7.58. The SMILES string of the molecule is CCOC(=O)c1cc(OC2CC(C)CC(C)C2)ncc1N. The minimum Gasteiger partial charge on any atom is -0.474 e. The lowest BCUT2D eigenvalue weighted by atomic mass is 9.82. The van der Waals surface area contributed by atoms with Gasteiger partial charge in [-0.05, 0) is 38.0 Å². The van der Waals surface area contributed by atoms with Crippen LogP contribution in [0.15, 0.2) is 12.3 Å². The zero-order chi connectivity index (χ0) is 15.4. The Labute approximate surface area is 125 Å². The summed E-state index contributed by atoms with van der Waals surface area (Å²) in [5.41, 5.74) is 6.41. The van der Waals surface area contributed by atoms with Gasteiger partial charge in [-0.3, -0.25) is 0 Å². The van der Waals surface area contributed by atoms with Crippen LogP contribution in [0.5, 0.6) is 5.88 Å². The molecule has 2 N–H and O–H groups in total. The number of anilines is 1. The van der Waals surface area contributed by atoms with Crippen LogP contribution in [-0.4, -0.2) is 23.7 Å². The highest BCUT2D eigenvalue weighted by Gasteiger charge is 2.26. The molecule has 0 radical (unpaired) electrons. The summed E-state index contributed by atoms with van der Waals surface area (Å²) in [7, 11) is 0. The molecule has 0 amide bonds. The number of nitrogens with two attached hydrogens (primary N) is 1. The second kappa shape index (κ2) is 6.78. The van der Waals surface area contributed by atoms with Crippen molar-refractivity contribution in [2.75, 3.05) is 12.3 Å². The molecule has 0 aromatic carbocycles. The second-order valence-corrected chi connectivity index (χ2v) is 5.99. The molecule has 0 bridgehead atoms. The summed E-state index contributed by atoms with van der Waals surface area (Å²) in [6.07, 6.45) is 4.88. The Morgan fingerprint density at radius 2 is 2.00 bits per heavy atom. The normalized spacial score (nSPS) is 25.4. The highest BCUT2D eigenvalue weighted by atomic mass is 16.5. The van der Waals surface area contributed by atoms with Crippen LogP contribution in [0.25, 0.3) is 0 Å². The van der Waals surface area contributed by atoms with Gasteiger partial charge in [-0.2, -0.15) is 0 Å². The summed E-state index contributed by atoms with van der Waals surface area (Å²) < 4.78 is 10.9. The van der Waals surface area contributed by atoms with Crippen molar-refractivity contribution in [3.63, 3.8) is 0 Å². The summed E-state index contributed by atoms with van der Waals surface area (Å²) >= 11 is 0. The third kappa shape index (κ3) is 4.09. The van der Waals surface area contributed by atoms with Crippen molar-refractivity contribution in [3.05, 3.63) is 17.8 Å². The van der Waals surface area contributed by atoms with Crippen LogP contribution in [0.1, 0.15) is 50.4 Å². The largest absolute Gasteiger partial charge is 0.474 e. The topological polar surface area (TPSA) is 74.4 Å². The minimum atomic E-state index is -0.437. The van der Waals surface area contributed by atoms with E-state index in [0.717, 1.165) is 12.8 Å². The van der Waals surface area contributed by atoms with Crippen molar-refractivity contribution in [2.45, 2.75) is 46.1 Å². The van der Waals surface area contributed by atoms with Crippen LogP contribution in [0.4, 0.5) is 5.69 Å². The van der Waals surface area contributed by atoms with Gasteiger partial charge in [0.05, 0.1) is 24.1 Å². The van der Waals surface area contributed by atoms with Gasteiger partial charge in [-0.1, -0.05) is 13.8 Å². The first-order valence-electron chi connectivity index (χ1n) is 7.58. The maximum atomic E-state index is 11.8. The third-order valence-corrected chi connectivity index (χ3v) is 3.83. The van der Waals surface area contributed by atoms with Gasteiger partial charge in [0.15, 0.2) is 0 Å². The lowest BCUT2D eigenvalue weighted by Gasteiger charge is -2.31. The van der Waals surface area contributed by atoms with E-state index in [2.05, 4.69) is 18.8 Å². The van der Waals surface area contributed by atoms with Crippen molar-refractivity contribution >= 4 is 11.7 Å². The molecular formula is C16H24N2O3. The number of rotatable bonds is 4. The molecule has 1 aromatic rings. The Balaban J connectivity index is 2.10. The number of esters is 1. The molecule has 2 atom stereocenters. The highest BCUT2D eigenvalue weighted by Crippen LogP contribution is 2.31. The van der Waals surface area contributed by atoms with E-state index in [1.807, 2.05) is 0 Å². The van der Waals surface area contributed by atoms with Gasteiger partial charge < -0.3 is 15.2 Å². The summed E-state index contributed by atoms with van der Waals surface area (Å²) in [4.78, 5) is 16.0. The lowest BCUT2D eigenvalue weighted by molar-refractivity contribution is 0.0525. The molecule has 21 heavy (non-hydrogen) atoms. The molecule has 1 aromatic heterocycles. The van der Waals surface area contributed by atoms with Crippen LogP contribution in [-0.2, 0) is 4.74 Å². The number of carbonyl (C=O) groups excluding carboxylic acids is 1. The van der Waals surface area contributed by atoms with Crippen molar-refractivity contribution in [2.24, 2.45) is 11.8 Å². The molecule has 1 fully saturated rings. The number of carbonyl (C=O) groups is 1. The van der Waals surface area contributed by atoms with Crippen LogP contribution in [0, 0.1) is 11.8 Å². The van der Waals surface area contributed by atoms with E-state index in [-0.39, 0.29) is 6.10 Å². The molecule has 116 valence electrons. The Morgan fingerprint density at radius 3 is 2.62 bits per heavy atom. The summed E-state index contributed by atoms with van der Waals surface area (Å²) in [5.74, 6) is 1.31. The number of ether oxygens (including phenoxy) is 2. The van der Waals surface area contributed by atoms with Gasteiger partial charge >= 0.3 is 5.97 Å². The first-order chi connectivity index (χ1) is 9.99. The van der Waals surface area contributed by atoms with Gasteiger partial charge in [-0.15, -0.1) is 0 Å². The van der Waals surface area contributed by atoms with Gasteiger partial charge in [0.2, 0.25) is 5.88 Å². The maximum absolute atomic E-state index is 11.8. The molecule has 1 saturated carbocycles. The fraction of sp³-hybridized carbons (Fsp3) is 0.625.